The maximum Gasteiger partial charge on any atom is 0.282 e. The first-order valence-corrected chi connectivity index (χ1v) is 6.06. The molecule has 1 aromatic heterocycles. The van der Waals surface area contributed by atoms with Crippen molar-refractivity contribution in [1.29, 1.82) is 0 Å². The Bertz CT molecular complexity index is 684. The summed E-state index contributed by atoms with van der Waals surface area (Å²) in [4.78, 5) is 14.0. The summed E-state index contributed by atoms with van der Waals surface area (Å²) >= 11 is 1.22. The summed E-state index contributed by atoms with van der Waals surface area (Å²) in [6.45, 7) is 0. The quantitative estimate of drug-likeness (QED) is 0.289. The molecule has 2 rings (SSSR count). The fourth-order valence-corrected chi connectivity index (χ4v) is 1.89. The van der Waals surface area contributed by atoms with Gasteiger partial charge in [0.05, 0.1) is 22.8 Å². The highest BCUT2D eigenvalue weighted by Gasteiger charge is 2.16. The van der Waals surface area contributed by atoms with Gasteiger partial charge in [0, 0.05) is 5.38 Å². The van der Waals surface area contributed by atoms with E-state index < -0.39 is 16.4 Å². The molecule has 0 aliphatic rings. The molecule has 2 aromatic rings. The van der Waals surface area contributed by atoms with Crippen LogP contribution in [-0.4, -0.2) is 26.3 Å². The molecular formula is C10H9N5O4S. The lowest BCUT2D eigenvalue weighted by Gasteiger charge is -2.01. The number of hydrazone groups is 1. The Labute approximate surface area is 116 Å². The molecular weight excluding hydrogens is 286 g/mol. The Hall–Kier alpha value is -2.88. The number of nitro groups is 1. The smallest absolute Gasteiger partial charge is 0.282 e. The highest BCUT2D eigenvalue weighted by atomic mass is 32.1. The highest BCUT2D eigenvalue weighted by Crippen LogP contribution is 2.31. The van der Waals surface area contributed by atoms with Crippen LogP contribution in [0.15, 0.2) is 22.6 Å². The predicted octanol–water partition coefficient (Wildman–Crippen LogP) is 1.49. The van der Waals surface area contributed by atoms with Crippen LogP contribution in [0.25, 0.3) is 0 Å². The Morgan fingerprint density at radius 3 is 2.75 bits per heavy atom. The minimum Gasteiger partial charge on any atom is -0.504 e. The number of hydrogen-bond donors (Lipinski definition) is 4. The maximum absolute atomic E-state index is 10.8. The first-order valence-electron chi connectivity index (χ1n) is 5.18. The van der Waals surface area contributed by atoms with E-state index >= 15 is 0 Å². The van der Waals surface area contributed by atoms with Crippen molar-refractivity contribution in [2.24, 2.45) is 5.10 Å². The van der Waals surface area contributed by atoms with Crippen molar-refractivity contribution < 1.29 is 15.1 Å². The number of aromatic nitrogens is 1. The van der Waals surface area contributed by atoms with E-state index in [0.717, 1.165) is 18.3 Å². The van der Waals surface area contributed by atoms with E-state index in [1.807, 2.05) is 0 Å². The molecule has 1 heterocycles. The second kappa shape index (κ2) is 5.40. The average Bonchev–Trinajstić information content (AvgIpc) is 2.79. The van der Waals surface area contributed by atoms with Crippen molar-refractivity contribution in [3.63, 3.8) is 0 Å². The van der Waals surface area contributed by atoms with Crippen molar-refractivity contribution >= 4 is 34.2 Å². The number of benzene rings is 1. The van der Waals surface area contributed by atoms with E-state index in [0.29, 0.717) is 10.9 Å². The van der Waals surface area contributed by atoms with Gasteiger partial charge < -0.3 is 15.9 Å². The summed E-state index contributed by atoms with van der Waals surface area (Å²) in [5.41, 5.74) is 7.61. The zero-order valence-electron chi connectivity index (χ0n) is 9.85. The van der Waals surface area contributed by atoms with Crippen molar-refractivity contribution in [2.45, 2.75) is 0 Å². The number of hydrogen-bond acceptors (Lipinski definition) is 9. The number of phenolic OH excluding ortho intramolecular Hbond substituents is 2. The molecule has 0 spiro atoms. The number of phenols is 2. The lowest BCUT2D eigenvalue weighted by Crippen LogP contribution is -1.96. The molecule has 5 N–H and O–H groups in total. The molecule has 0 bridgehead atoms. The number of aromatic hydroxyl groups is 2. The van der Waals surface area contributed by atoms with Crippen LogP contribution in [0.4, 0.5) is 16.6 Å². The molecule has 0 unspecified atom stereocenters. The van der Waals surface area contributed by atoms with Gasteiger partial charge in [0.1, 0.15) is 5.82 Å². The molecule has 0 aliphatic heterocycles. The number of anilines is 2. The minimum absolute atomic E-state index is 0.0299. The monoisotopic (exact) mass is 295 g/mol. The van der Waals surface area contributed by atoms with Gasteiger partial charge in [-0.2, -0.15) is 5.10 Å². The predicted molar refractivity (Wildman–Crippen MR) is 74.2 cm³/mol. The summed E-state index contributed by atoms with van der Waals surface area (Å²) < 4.78 is 0. The summed E-state index contributed by atoms with van der Waals surface area (Å²) in [6, 6.07) is 1.88. The molecule has 10 heteroatoms. The molecule has 20 heavy (non-hydrogen) atoms. The van der Waals surface area contributed by atoms with Gasteiger partial charge in [0.25, 0.3) is 5.69 Å². The molecule has 9 nitrogen and oxygen atoms in total. The number of nitrogen functional groups attached to an aromatic ring is 1. The fourth-order valence-electron chi connectivity index (χ4n) is 1.34. The van der Waals surface area contributed by atoms with Crippen LogP contribution in [0, 0.1) is 10.1 Å². The van der Waals surface area contributed by atoms with Gasteiger partial charge in [-0.15, -0.1) is 11.3 Å². The van der Waals surface area contributed by atoms with Crippen molar-refractivity contribution in [1.82, 2.24) is 4.98 Å². The van der Waals surface area contributed by atoms with Gasteiger partial charge >= 0.3 is 0 Å². The van der Waals surface area contributed by atoms with Gasteiger partial charge in [-0.1, -0.05) is 0 Å². The first kappa shape index (κ1) is 13.5. The number of nitro benzene ring substituents is 1. The minimum atomic E-state index is -0.693. The molecule has 0 amide bonds. The number of rotatable bonds is 4. The number of thiazole rings is 1. The SMILES string of the molecule is Nc1csc(NN=Cc2cc(O)c(O)cc2[N+](=O)[O-])n1. The summed E-state index contributed by atoms with van der Waals surface area (Å²) in [7, 11) is 0. The van der Waals surface area contributed by atoms with Gasteiger partial charge in [-0.3, -0.25) is 15.5 Å². The van der Waals surface area contributed by atoms with E-state index in [4.69, 9.17) is 5.73 Å². The number of nitrogens with two attached hydrogens (primary N) is 1. The van der Waals surface area contributed by atoms with Crippen LogP contribution >= 0.6 is 11.3 Å². The largest absolute Gasteiger partial charge is 0.504 e. The average molecular weight is 295 g/mol. The number of nitrogens with one attached hydrogen (secondary N) is 1. The third kappa shape index (κ3) is 2.92. The van der Waals surface area contributed by atoms with Crippen LogP contribution in [0.3, 0.4) is 0 Å². The van der Waals surface area contributed by atoms with E-state index in [1.165, 1.54) is 11.3 Å². The van der Waals surface area contributed by atoms with Gasteiger partial charge in [0.15, 0.2) is 11.5 Å². The summed E-state index contributed by atoms with van der Waals surface area (Å²) in [5, 5.41) is 35.2. The zero-order valence-corrected chi connectivity index (χ0v) is 10.7. The van der Waals surface area contributed by atoms with E-state index in [-0.39, 0.29) is 11.3 Å². The molecule has 0 aliphatic carbocycles. The molecule has 0 fully saturated rings. The number of nitrogens with zero attached hydrogens (tertiary/aromatic N) is 3. The Balaban J connectivity index is 2.23. The van der Waals surface area contributed by atoms with Gasteiger partial charge in [-0.05, 0) is 6.07 Å². The van der Waals surface area contributed by atoms with E-state index in [1.54, 1.807) is 5.38 Å². The van der Waals surface area contributed by atoms with E-state index in [2.05, 4.69) is 15.5 Å². The Kier molecular flexibility index (Phi) is 3.66. The van der Waals surface area contributed by atoms with Crippen LogP contribution in [0.2, 0.25) is 0 Å². The standard InChI is InChI=1S/C10H9N5O4S/c11-9-4-20-10(13-9)14-12-3-5-1-7(16)8(17)2-6(5)15(18)19/h1-4,16-17H,11H2,(H,13,14). The lowest BCUT2D eigenvalue weighted by atomic mass is 10.1. The van der Waals surface area contributed by atoms with Crippen molar-refractivity contribution in [2.75, 3.05) is 11.2 Å². The molecule has 0 saturated heterocycles. The zero-order chi connectivity index (χ0) is 14.7. The second-order valence-corrected chi connectivity index (χ2v) is 4.46. The second-order valence-electron chi connectivity index (χ2n) is 3.60. The molecule has 0 atom stereocenters. The highest BCUT2D eigenvalue weighted by molar-refractivity contribution is 7.14. The van der Waals surface area contributed by atoms with Gasteiger partial charge in [-0.25, -0.2) is 4.98 Å². The van der Waals surface area contributed by atoms with E-state index in [9.17, 15) is 20.3 Å². The molecule has 0 radical (unpaired) electrons. The van der Waals surface area contributed by atoms with Crippen LogP contribution < -0.4 is 11.2 Å². The Morgan fingerprint density at radius 2 is 2.15 bits per heavy atom. The topological polar surface area (TPSA) is 147 Å². The third-order valence-corrected chi connectivity index (χ3v) is 2.97. The van der Waals surface area contributed by atoms with Crippen molar-refractivity contribution in [3.8, 4) is 11.5 Å². The maximum atomic E-state index is 10.8. The van der Waals surface area contributed by atoms with Crippen molar-refractivity contribution in [3.05, 3.63) is 33.2 Å². The third-order valence-electron chi connectivity index (χ3n) is 2.21. The Morgan fingerprint density at radius 1 is 1.45 bits per heavy atom. The normalized spacial score (nSPS) is 10.8. The molecule has 104 valence electrons. The molecule has 0 saturated carbocycles. The fraction of sp³-hybridized carbons (Fsp3) is 0. The molecule has 1 aromatic carbocycles. The van der Waals surface area contributed by atoms with Gasteiger partial charge in [0.2, 0.25) is 5.13 Å². The summed E-state index contributed by atoms with van der Waals surface area (Å²) in [5.74, 6) is -0.717. The van der Waals surface area contributed by atoms with Crippen LogP contribution in [0.5, 0.6) is 11.5 Å². The van der Waals surface area contributed by atoms with Crippen LogP contribution in [0.1, 0.15) is 5.56 Å². The lowest BCUT2D eigenvalue weighted by molar-refractivity contribution is -0.385. The van der Waals surface area contributed by atoms with Crippen LogP contribution in [-0.2, 0) is 0 Å². The first-order chi connectivity index (χ1) is 9.47. The summed E-state index contributed by atoms with van der Waals surface area (Å²) in [6.07, 6.45) is 1.13.